The van der Waals surface area contributed by atoms with Crippen LogP contribution in [0.1, 0.15) is 41.0 Å². The van der Waals surface area contributed by atoms with E-state index in [2.05, 4.69) is 21.4 Å². The van der Waals surface area contributed by atoms with E-state index in [1.807, 2.05) is 46.5 Å². The van der Waals surface area contributed by atoms with Gasteiger partial charge in [0, 0.05) is 37.1 Å². The molecule has 6 nitrogen and oxygen atoms in total. The van der Waals surface area contributed by atoms with Gasteiger partial charge in [0.15, 0.2) is 5.13 Å². The normalized spacial score (nSPS) is 17.1. The van der Waals surface area contributed by atoms with Crippen molar-refractivity contribution >= 4 is 28.5 Å². The van der Waals surface area contributed by atoms with Crippen LogP contribution in [0.25, 0.3) is 6.08 Å². The molecule has 4 heterocycles. The maximum absolute atomic E-state index is 12.7. The second kappa shape index (κ2) is 8.95. The summed E-state index contributed by atoms with van der Waals surface area (Å²) in [5.74, 6) is -0.167. The van der Waals surface area contributed by atoms with Crippen molar-refractivity contribution in [3.05, 3.63) is 71.3 Å². The number of thiazole rings is 1. The van der Waals surface area contributed by atoms with E-state index in [0.717, 1.165) is 30.7 Å². The Bertz CT molecular complexity index is 942. The van der Waals surface area contributed by atoms with Crippen molar-refractivity contribution in [2.45, 2.75) is 31.9 Å². The molecule has 1 saturated heterocycles. The Morgan fingerprint density at radius 1 is 1.32 bits per heavy atom. The summed E-state index contributed by atoms with van der Waals surface area (Å²) in [6.45, 7) is 1.44. The molecule has 144 valence electrons. The van der Waals surface area contributed by atoms with Gasteiger partial charge in [-0.25, -0.2) is 4.98 Å². The van der Waals surface area contributed by atoms with Crippen LogP contribution in [0.5, 0.6) is 0 Å². The molecule has 1 aliphatic rings. The molecule has 0 aromatic carbocycles. The number of anilines is 1. The van der Waals surface area contributed by atoms with Crippen LogP contribution in [-0.4, -0.2) is 33.2 Å². The van der Waals surface area contributed by atoms with E-state index >= 15 is 0 Å². The van der Waals surface area contributed by atoms with Gasteiger partial charge in [-0.15, -0.1) is 11.3 Å². The number of hydrogen-bond donors (Lipinski definition) is 1. The van der Waals surface area contributed by atoms with Gasteiger partial charge in [0.1, 0.15) is 5.69 Å². The van der Waals surface area contributed by atoms with Crippen LogP contribution in [0.3, 0.4) is 0 Å². The van der Waals surface area contributed by atoms with Gasteiger partial charge in [-0.05, 0) is 55.2 Å². The molecule has 0 saturated carbocycles. The largest absolute Gasteiger partial charge is 0.374 e. The van der Waals surface area contributed by atoms with E-state index in [0.29, 0.717) is 17.4 Å². The highest BCUT2D eigenvalue weighted by molar-refractivity contribution is 7.14. The number of ether oxygens (including phenoxy) is 1. The highest BCUT2D eigenvalue weighted by Crippen LogP contribution is 2.20. The van der Waals surface area contributed by atoms with E-state index in [1.54, 1.807) is 12.4 Å². The maximum atomic E-state index is 12.7. The lowest BCUT2D eigenvalue weighted by molar-refractivity contribution is 0.0471. The average molecular weight is 395 g/mol. The molecule has 28 heavy (non-hydrogen) atoms. The number of nitrogens with zero attached hydrogens (tertiary/aromatic N) is 3. The van der Waals surface area contributed by atoms with Crippen molar-refractivity contribution in [2.75, 3.05) is 11.9 Å². The molecule has 0 bridgehead atoms. The van der Waals surface area contributed by atoms with Gasteiger partial charge in [-0.3, -0.25) is 15.1 Å². The Morgan fingerprint density at radius 2 is 2.21 bits per heavy atom. The van der Waals surface area contributed by atoms with Crippen molar-refractivity contribution in [1.82, 2.24) is 14.5 Å². The molecule has 3 aromatic rings. The van der Waals surface area contributed by atoms with E-state index < -0.39 is 0 Å². The number of amides is 1. The van der Waals surface area contributed by atoms with Crippen LogP contribution in [-0.2, 0) is 11.3 Å². The zero-order valence-corrected chi connectivity index (χ0v) is 16.3. The first-order chi connectivity index (χ1) is 13.8. The number of rotatable bonds is 6. The lowest BCUT2D eigenvalue weighted by Crippen LogP contribution is -2.17. The number of hydrogen-bond acceptors (Lipinski definition) is 5. The van der Waals surface area contributed by atoms with Gasteiger partial charge in [-0.2, -0.15) is 0 Å². The summed E-state index contributed by atoms with van der Waals surface area (Å²) in [4.78, 5) is 21.2. The lowest BCUT2D eigenvalue weighted by atomic mass is 10.1. The molecule has 7 heteroatoms. The Balaban J connectivity index is 1.39. The van der Waals surface area contributed by atoms with Crippen molar-refractivity contribution in [1.29, 1.82) is 0 Å². The van der Waals surface area contributed by atoms with Crippen LogP contribution in [0.2, 0.25) is 0 Å². The van der Waals surface area contributed by atoms with Crippen molar-refractivity contribution in [3.8, 4) is 0 Å². The highest BCUT2D eigenvalue weighted by Gasteiger charge is 2.14. The van der Waals surface area contributed by atoms with E-state index in [4.69, 9.17) is 4.74 Å². The Hall–Kier alpha value is -2.77. The number of carbonyl (C=O) groups is 1. The van der Waals surface area contributed by atoms with Gasteiger partial charge in [-0.1, -0.05) is 6.08 Å². The summed E-state index contributed by atoms with van der Waals surface area (Å²) >= 11 is 1.42. The quantitative estimate of drug-likeness (QED) is 0.680. The minimum Gasteiger partial charge on any atom is -0.374 e. The first kappa shape index (κ1) is 18.6. The zero-order chi connectivity index (χ0) is 19.2. The summed E-state index contributed by atoms with van der Waals surface area (Å²) in [6, 6.07) is 7.57. The first-order valence-electron chi connectivity index (χ1n) is 9.39. The third-order valence-electron chi connectivity index (χ3n) is 4.60. The Morgan fingerprint density at radius 3 is 3.04 bits per heavy atom. The molecule has 1 amide bonds. The van der Waals surface area contributed by atoms with Gasteiger partial charge in [0.25, 0.3) is 5.91 Å². The Labute approximate surface area is 167 Å². The number of nitrogens with one attached hydrogen (secondary N) is 1. The van der Waals surface area contributed by atoms with E-state index in [-0.39, 0.29) is 12.0 Å². The lowest BCUT2D eigenvalue weighted by Gasteiger charge is -2.18. The van der Waals surface area contributed by atoms with E-state index in [1.165, 1.54) is 17.8 Å². The summed E-state index contributed by atoms with van der Waals surface area (Å²) in [5.41, 5.74) is 2.52. The van der Waals surface area contributed by atoms with E-state index in [9.17, 15) is 4.79 Å². The fourth-order valence-electron chi connectivity index (χ4n) is 3.15. The molecule has 1 atom stereocenters. The predicted octanol–water partition coefficient (Wildman–Crippen LogP) is 4.22. The smallest absolute Gasteiger partial charge is 0.274 e. The van der Waals surface area contributed by atoms with Gasteiger partial charge >= 0.3 is 0 Å². The third kappa shape index (κ3) is 4.74. The van der Waals surface area contributed by atoms with Crippen molar-refractivity contribution in [2.24, 2.45) is 0 Å². The standard InChI is InChI=1S/C21H22N4O2S/c26-20(19-5-3-12-25(19)14-16-8-10-22-11-9-16)24-21-23-17(15-28-21)6-7-18-4-1-2-13-27-18/h3,5-12,15,18H,1-2,4,13-14H2,(H,23,24,26)/b7-6+. The van der Waals surface area contributed by atoms with Crippen molar-refractivity contribution < 1.29 is 9.53 Å². The number of carbonyl (C=O) groups excluding carboxylic acids is 1. The van der Waals surface area contributed by atoms with Crippen LogP contribution in [0.15, 0.2) is 54.3 Å². The molecular formula is C21H22N4O2S. The second-order valence-electron chi connectivity index (χ2n) is 6.67. The molecule has 1 aliphatic heterocycles. The van der Waals surface area contributed by atoms with Crippen LogP contribution >= 0.6 is 11.3 Å². The van der Waals surface area contributed by atoms with Crippen LogP contribution < -0.4 is 5.32 Å². The maximum Gasteiger partial charge on any atom is 0.274 e. The zero-order valence-electron chi connectivity index (χ0n) is 15.5. The first-order valence-corrected chi connectivity index (χ1v) is 10.3. The number of aromatic nitrogens is 3. The monoisotopic (exact) mass is 394 g/mol. The molecule has 0 radical (unpaired) electrons. The molecular weight excluding hydrogens is 372 g/mol. The number of pyridine rings is 1. The molecule has 1 unspecified atom stereocenters. The van der Waals surface area contributed by atoms with Gasteiger partial charge in [0.05, 0.1) is 11.8 Å². The highest BCUT2D eigenvalue weighted by atomic mass is 32.1. The summed E-state index contributed by atoms with van der Waals surface area (Å²) in [5, 5.41) is 5.42. The third-order valence-corrected chi connectivity index (χ3v) is 5.38. The van der Waals surface area contributed by atoms with Gasteiger partial charge in [0.2, 0.25) is 0 Å². The Kier molecular flexibility index (Phi) is 5.94. The minimum absolute atomic E-state index is 0.167. The average Bonchev–Trinajstić information content (AvgIpc) is 3.37. The minimum atomic E-state index is -0.167. The second-order valence-corrected chi connectivity index (χ2v) is 7.53. The van der Waals surface area contributed by atoms with Crippen molar-refractivity contribution in [3.63, 3.8) is 0 Å². The molecule has 0 spiro atoms. The topological polar surface area (TPSA) is 69.0 Å². The fourth-order valence-corrected chi connectivity index (χ4v) is 3.82. The molecule has 4 rings (SSSR count). The van der Waals surface area contributed by atoms with Crippen LogP contribution in [0, 0.1) is 0 Å². The molecule has 1 N–H and O–H groups in total. The summed E-state index contributed by atoms with van der Waals surface area (Å²) in [6.07, 6.45) is 13.0. The summed E-state index contributed by atoms with van der Waals surface area (Å²) < 4.78 is 7.61. The SMILES string of the molecule is O=C(Nc1nc(/C=C/C2CCCCO2)cs1)c1cccn1Cc1ccncc1. The van der Waals surface area contributed by atoms with Crippen LogP contribution in [0.4, 0.5) is 5.13 Å². The summed E-state index contributed by atoms with van der Waals surface area (Å²) in [7, 11) is 0. The molecule has 1 fully saturated rings. The molecule has 3 aromatic heterocycles. The fraction of sp³-hybridized carbons (Fsp3) is 0.286. The molecule has 0 aliphatic carbocycles. The predicted molar refractivity (Wildman–Crippen MR) is 110 cm³/mol. The van der Waals surface area contributed by atoms with Gasteiger partial charge < -0.3 is 9.30 Å².